The summed E-state index contributed by atoms with van der Waals surface area (Å²) in [6.45, 7) is 0.958. The van der Waals surface area contributed by atoms with Crippen molar-refractivity contribution in [2.24, 2.45) is 0 Å². The lowest BCUT2D eigenvalue weighted by atomic mass is 10.3. The first-order chi connectivity index (χ1) is 6.95. The molecule has 1 aromatic carbocycles. The Morgan fingerprint density at radius 2 is 2.21 bits per heavy atom. The van der Waals surface area contributed by atoms with Gasteiger partial charge in [0, 0.05) is 12.7 Å². The minimum absolute atomic E-state index is 0.944. The van der Waals surface area contributed by atoms with Crippen LogP contribution in [0.15, 0.2) is 30.3 Å². The Bertz CT molecular complexity index is 496. The number of anilines is 1. The van der Waals surface area contributed by atoms with E-state index in [-0.39, 0.29) is 0 Å². The summed E-state index contributed by atoms with van der Waals surface area (Å²) in [5.74, 6) is 0.944. The largest absolute Gasteiger partial charge is 0.355 e. The van der Waals surface area contributed by atoms with Crippen molar-refractivity contribution in [3.8, 4) is 0 Å². The molecule has 70 valence electrons. The summed E-state index contributed by atoms with van der Waals surface area (Å²) in [5, 5.41) is 3.30. The van der Waals surface area contributed by atoms with Gasteiger partial charge in [0.25, 0.3) is 0 Å². The maximum absolute atomic E-state index is 4.51. The Kier molecular flexibility index (Phi) is 1.56. The van der Waals surface area contributed by atoms with Crippen LogP contribution in [0.3, 0.4) is 0 Å². The average Bonchev–Trinajstić information content (AvgIpc) is 2.42. The van der Waals surface area contributed by atoms with Gasteiger partial charge in [0.1, 0.15) is 0 Å². The fourth-order valence-electron chi connectivity index (χ4n) is 1.77. The highest BCUT2D eigenvalue weighted by Gasteiger charge is 2.08. The SMILES string of the molecule is C1=Cn2c(nc3ccccc32)NCC1. The number of benzene rings is 1. The molecular weight excluding hydrogens is 174 g/mol. The van der Waals surface area contributed by atoms with Crippen LogP contribution in [0.5, 0.6) is 0 Å². The van der Waals surface area contributed by atoms with E-state index in [4.69, 9.17) is 0 Å². The Morgan fingerprint density at radius 1 is 1.29 bits per heavy atom. The minimum Gasteiger partial charge on any atom is -0.355 e. The number of hydrogen-bond acceptors (Lipinski definition) is 2. The molecule has 1 aromatic heterocycles. The number of nitrogens with one attached hydrogen (secondary N) is 1. The topological polar surface area (TPSA) is 29.9 Å². The highest BCUT2D eigenvalue weighted by atomic mass is 15.2. The molecule has 3 rings (SSSR count). The third kappa shape index (κ3) is 1.02. The van der Waals surface area contributed by atoms with Crippen LogP contribution in [0.1, 0.15) is 6.42 Å². The van der Waals surface area contributed by atoms with Gasteiger partial charge in [0.15, 0.2) is 0 Å². The van der Waals surface area contributed by atoms with Gasteiger partial charge in [-0.05, 0) is 18.6 Å². The summed E-state index contributed by atoms with van der Waals surface area (Å²) in [6, 6.07) is 8.17. The first kappa shape index (κ1) is 7.62. The van der Waals surface area contributed by atoms with E-state index < -0.39 is 0 Å². The summed E-state index contributed by atoms with van der Waals surface area (Å²) in [4.78, 5) is 4.51. The van der Waals surface area contributed by atoms with Gasteiger partial charge in [-0.3, -0.25) is 4.57 Å². The predicted molar refractivity (Wildman–Crippen MR) is 58.2 cm³/mol. The van der Waals surface area contributed by atoms with Crippen molar-refractivity contribution in [2.75, 3.05) is 11.9 Å². The van der Waals surface area contributed by atoms with Gasteiger partial charge in [-0.2, -0.15) is 0 Å². The number of imidazole rings is 1. The van der Waals surface area contributed by atoms with Crippen molar-refractivity contribution >= 4 is 23.2 Å². The van der Waals surface area contributed by atoms with Crippen molar-refractivity contribution < 1.29 is 0 Å². The molecule has 0 radical (unpaired) electrons. The van der Waals surface area contributed by atoms with E-state index in [2.05, 4.69) is 33.2 Å². The highest BCUT2D eigenvalue weighted by Crippen LogP contribution is 2.21. The number of hydrogen-bond donors (Lipinski definition) is 1. The number of fused-ring (bicyclic) bond motifs is 3. The quantitative estimate of drug-likeness (QED) is 0.682. The molecule has 0 unspecified atom stereocenters. The van der Waals surface area contributed by atoms with Crippen molar-refractivity contribution in [1.29, 1.82) is 0 Å². The first-order valence-corrected chi connectivity index (χ1v) is 4.83. The second-order valence-corrected chi connectivity index (χ2v) is 3.39. The molecule has 0 bridgehead atoms. The maximum Gasteiger partial charge on any atom is 0.208 e. The lowest BCUT2D eigenvalue weighted by Gasteiger charge is -2.00. The van der Waals surface area contributed by atoms with Crippen LogP contribution in [0.25, 0.3) is 17.2 Å². The predicted octanol–water partition coefficient (Wildman–Crippen LogP) is 2.32. The van der Waals surface area contributed by atoms with Crippen LogP contribution in [-0.4, -0.2) is 16.1 Å². The smallest absolute Gasteiger partial charge is 0.208 e. The number of para-hydroxylation sites is 2. The van der Waals surface area contributed by atoms with Gasteiger partial charge in [-0.15, -0.1) is 0 Å². The lowest BCUT2D eigenvalue weighted by Crippen LogP contribution is -2.02. The Morgan fingerprint density at radius 3 is 3.21 bits per heavy atom. The van der Waals surface area contributed by atoms with Crippen LogP contribution in [-0.2, 0) is 0 Å². The van der Waals surface area contributed by atoms with E-state index in [1.807, 2.05) is 18.2 Å². The van der Waals surface area contributed by atoms with Crippen molar-refractivity contribution in [3.63, 3.8) is 0 Å². The molecule has 0 saturated carbocycles. The van der Waals surface area contributed by atoms with E-state index >= 15 is 0 Å². The third-order valence-corrected chi connectivity index (χ3v) is 2.44. The summed E-state index contributed by atoms with van der Waals surface area (Å²) in [7, 11) is 0. The number of rotatable bonds is 0. The molecule has 1 aliphatic heterocycles. The molecule has 2 heterocycles. The average molecular weight is 185 g/mol. The van der Waals surface area contributed by atoms with Crippen molar-refractivity contribution in [2.45, 2.75) is 6.42 Å². The molecule has 0 atom stereocenters. The van der Waals surface area contributed by atoms with E-state index in [9.17, 15) is 0 Å². The fraction of sp³-hybridized carbons (Fsp3) is 0.182. The van der Waals surface area contributed by atoms with Crippen LogP contribution in [0.2, 0.25) is 0 Å². The van der Waals surface area contributed by atoms with Gasteiger partial charge in [0.05, 0.1) is 11.0 Å². The second-order valence-electron chi connectivity index (χ2n) is 3.39. The van der Waals surface area contributed by atoms with E-state index in [0.29, 0.717) is 0 Å². The number of aromatic nitrogens is 2. The molecule has 3 heteroatoms. The van der Waals surface area contributed by atoms with Crippen LogP contribution >= 0.6 is 0 Å². The van der Waals surface area contributed by atoms with Gasteiger partial charge in [-0.1, -0.05) is 18.2 Å². The van der Waals surface area contributed by atoms with Gasteiger partial charge >= 0.3 is 0 Å². The molecule has 3 nitrogen and oxygen atoms in total. The van der Waals surface area contributed by atoms with Crippen LogP contribution < -0.4 is 5.32 Å². The van der Waals surface area contributed by atoms with E-state index in [1.54, 1.807) is 0 Å². The summed E-state index contributed by atoms with van der Waals surface area (Å²) in [5.41, 5.74) is 2.20. The highest BCUT2D eigenvalue weighted by molar-refractivity contribution is 5.81. The van der Waals surface area contributed by atoms with E-state index in [0.717, 1.165) is 29.9 Å². The second kappa shape index (κ2) is 2.87. The Balaban J connectivity index is 2.34. The molecule has 0 aliphatic carbocycles. The summed E-state index contributed by atoms with van der Waals surface area (Å²) in [6.07, 6.45) is 5.31. The molecule has 14 heavy (non-hydrogen) atoms. The maximum atomic E-state index is 4.51. The molecule has 2 aromatic rings. The summed E-state index contributed by atoms with van der Waals surface area (Å²) < 4.78 is 2.10. The monoisotopic (exact) mass is 185 g/mol. The minimum atomic E-state index is 0.944. The van der Waals surface area contributed by atoms with E-state index in [1.165, 1.54) is 0 Å². The Labute approximate surface area is 82.1 Å². The van der Waals surface area contributed by atoms with Gasteiger partial charge < -0.3 is 5.32 Å². The first-order valence-electron chi connectivity index (χ1n) is 4.83. The van der Waals surface area contributed by atoms with Gasteiger partial charge in [-0.25, -0.2) is 4.98 Å². The van der Waals surface area contributed by atoms with Gasteiger partial charge in [0.2, 0.25) is 5.95 Å². The molecule has 1 N–H and O–H groups in total. The molecule has 0 amide bonds. The molecule has 1 aliphatic rings. The van der Waals surface area contributed by atoms with Crippen LogP contribution in [0.4, 0.5) is 5.95 Å². The lowest BCUT2D eigenvalue weighted by molar-refractivity contribution is 1.05. The zero-order valence-electron chi connectivity index (χ0n) is 7.77. The molecule has 0 saturated heterocycles. The summed E-state index contributed by atoms with van der Waals surface area (Å²) >= 11 is 0. The fourth-order valence-corrected chi connectivity index (χ4v) is 1.77. The Hall–Kier alpha value is -1.77. The molecular formula is C11H11N3. The van der Waals surface area contributed by atoms with Crippen LogP contribution in [0, 0.1) is 0 Å². The molecule has 0 spiro atoms. The normalized spacial score (nSPS) is 14.9. The standard InChI is InChI=1S/C11H11N3/c1-2-6-10-9(5-1)13-11-12-7-3-4-8-14(10)11/h1-2,4-6,8H,3,7H2,(H,12,13). The van der Waals surface area contributed by atoms with Crippen molar-refractivity contribution in [1.82, 2.24) is 9.55 Å². The van der Waals surface area contributed by atoms with Crippen molar-refractivity contribution in [3.05, 3.63) is 30.3 Å². The number of nitrogens with zero attached hydrogens (tertiary/aromatic N) is 2. The zero-order chi connectivity index (χ0) is 9.38. The molecule has 0 fully saturated rings. The zero-order valence-corrected chi connectivity index (χ0v) is 7.77. The third-order valence-electron chi connectivity index (χ3n) is 2.44.